The number of anilines is 2. The van der Waals surface area contributed by atoms with Crippen LogP contribution >= 0.6 is 0 Å². The molecule has 2 N–H and O–H groups in total. The first-order chi connectivity index (χ1) is 14.7. The number of carbonyl (C=O) groups is 3. The Morgan fingerprint density at radius 3 is 2.39 bits per heavy atom. The lowest BCUT2D eigenvalue weighted by molar-refractivity contribution is -0.147. The monoisotopic (exact) mass is 436 g/mol. The fourth-order valence-corrected chi connectivity index (χ4v) is 2.75. The highest BCUT2D eigenvalue weighted by Crippen LogP contribution is 2.30. The molecule has 2 aromatic carbocycles. The second kappa shape index (κ2) is 11.1. The molecule has 0 aliphatic rings. The molecule has 6 nitrogen and oxygen atoms in total. The number of carbonyl (C=O) groups excluding carboxylic acids is 3. The molecule has 0 saturated heterocycles. The van der Waals surface area contributed by atoms with Crippen molar-refractivity contribution in [1.82, 2.24) is 0 Å². The van der Waals surface area contributed by atoms with E-state index < -0.39 is 36.1 Å². The van der Waals surface area contributed by atoms with Gasteiger partial charge in [-0.1, -0.05) is 31.2 Å². The van der Waals surface area contributed by atoms with Crippen LogP contribution in [0.25, 0.3) is 0 Å². The fourth-order valence-electron chi connectivity index (χ4n) is 2.75. The average Bonchev–Trinajstić information content (AvgIpc) is 2.72. The van der Waals surface area contributed by atoms with Gasteiger partial charge in [0, 0.05) is 24.2 Å². The average molecular weight is 436 g/mol. The summed E-state index contributed by atoms with van der Waals surface area (Å²) in [7, 11) is 0. The highest BCUT2D eigenvalue weighted by molar-refractivity contribution is 5.93. The van der Waals surface area contributed by atoms with Crippen molar-refractivity contribution in [3.8, 4) is 0 Å². The summed E-state index contributed by atoms with van der Waals surface area (Å²) in [4.78, 5) is 35.6. The van der Waals surface area contributed by atoms with Crippen molar-refractivity contribution < 1.29 is 32.3 Å². The van der Waals surface area contributed by atoms with Crippen LogP contribution in [0.3, 0.4) is 0 Å². The van der Waals surface area contributed by atoms with E-state index in [0.717, 1.165) is 24.1 Å². The molecule has 31 heavy (non-hydrogen) atoms. The van der Waals surface area contributed by atoms with Gasteiger partial charge in [0.25, 0.3) is 5.91 Å². The maximum absolute atomic E-state index is 12.7. The van der Waals surface area contributed by atoms with E-state index in [4.69, 9.17) is 4.74 Å². The Morgan fingerprint density at radius 1 is 0.935 bits per heavy atom. The van der Waals surface area contributed by atoms with Crippen molar-refractivity contribution in [3.05, 3.63) is 59.7 Å². The van der Waals surface area contributed by atoms with Crippen LogP contribution in [0.2, 0.25) is 0 Å². The van der Waals surface area contributed by atoms with Gasteiger partial charge in [-0.15, -0.1) is 0 Å². The van der Waals surface area contributed by atoms with Crippen LogP contribution in [-0.2, 0) is 31.7 Å². The van der Waals surface area contributed by atoms with Gasteiger partial charge in [0.15, 0.2) is 6.61 Å². The van der Waals surface area contributed by atoms with Crippen molar-refractivity contribution in [2.75, 3.05) is 17.2 Å². The molecular formula is C22H23F3N2O4. The zero-order valence-corrected chi connectivity index (χ0v) is 16.9. The van der Waals surface area contributed by atoms with Crippen molar-refractivity contribution in [3.63, 3.8) is 0 Å². The number of aryl methyl sites for hydroxylation is 1. The molecule has 0 aliphatic carbocycles. The lowest BCUT2D eigenvalue weighted by Gasteiger charge is -2.10. The quantitative estimate of drug-likeness (QED) is 0.565. The largest absolute Gasteiger partial charge is 0.456 e. The van der Waals surface area contributed by atoms with Crippen LogP contribution in [0, 0.1) is 0 Å². The summed E-state index contributed by atoms with van der Waals surface area (Å²) in [6.07, 6.45) is -3.83. The van der Waals surface area contributed by atoms with Gasteiger partial charge in [-0.05, 0) is 42.7 Å². The van der Waals surface area contributed by atoms with Crippen molar-refractivity contribution in [1.29, 1.82) is 0 Å². The van der Waals surface area contributed by atoms with Crippen molar-refractivity contribution in [2.45, 2.75) is 38.8 Å². The van der Waals surface area contributed by atoms with Crippen molar-refractivity contribution in [2.24, 2.45) is 0 Å². The minimum absolute atomic E-state index is 0.0198. The number of amides is 2. The van der Waals surface area contributed by atoms with Crippen LogP contribution < -0.4 is 10.6 Å². The summed E-state index contributed by atoms with van der Waals surface area (Å²) in [6, 6.07) is 11.6. The van der Waals surface area contributed by atoms with E-state index in [9.17, 15) is 27.6 Å². The van der Waals surface area contributed by atoms with Gasteiger partial charge in [0.05, 0.1) is 5.56 Å². The summed E-state index contributed by atoms with van der Waals surface area (Å²) < 4.78 is 43.0. The second-order valence-corrected chi connectivity index (χ2v) is 6.70. The molecule has 0 unspecified atom stereocenters. The summed E-state index contributed by atoms with van der Waals surface area (Å²) in [5.41, 5.74) is 0.756. The Hall–Kier alpha value is -3.36. The van der Waals surface area contributed by atoms with Crippen LogP contribution in [0.15, 0.2) is 48.5 Å². The summed E-state index contributed by atoms with van der Waals surface area (Å²) in [6.45, 7) is 1.50. The molecule has 0 saturated carbocycles. The molecule has 0 atom stereocenters. The summed E-state index contributed by atoms with van der Waals surface area (Å²) in [5, 5.41) is 5.03. The molecule has 0 bridgehead atoms. The van der Waals surface area contributed by atoms with Gasteiger partial charge in [0.1, 0.15) is 0 Å². The Bertz CT molecular complexity index is 929. The van der Waals surface area contributed by atoms with E-state index in [-0.39, 0.29) is 24.9 Å². The molecule has 0 spiro atoms. The van der Waals surface area contributed by atoms with E-state index in [1.54, 1.807) is 12.1 Å². The Balaban J connectivity index is 1.69. The van der Waals surface area contributed by atoms with Crippen LogP contribution in [0.4, 0.5) is 24.5 Å². The number of nitrogens with one attached hydrogen (secondary N) is 2. The van der Waals surface area contributed by atoms with E-state index in [0.29, 0.717) is 5.69 Å². The number of alkyl halides is 3. The van der Waals surface area contributed by atoms with Gasteiger partial charge in [-0.25, -0.2) is 0 Å². The molecule has 9 heteroatoms. The number of para-hydroxylation sites is 1. The molecule has 2 amide bonds. The highest BCUT2D eigenvalue weighted by Gasteiger charge is 2.30. The molecule has 0 aliphatic heterocycles. The third-order valence-corrected chi connectivity index (χ3v) is 4.29. The van der Waals surface area contributed by atoms with Crippen LogP contribution in [0.1, 0.15) is 37.3 Å². The van der Waals surface area contributed by atoms with Gasteiger partial charge < -0.3 is 15.4 Å². The summed E-state index contributed by atoms with van der Waals surface area (Å²) >= 11 is 0. The molecule has 0 heterocycles. The predicted octanol–water partition coefficient (Wildman–Crippen LogP) is 4.56. The van der Waals surface area contributed by atoms with Crippen molar-refractivity contribution >= 4 is 29.2 Å². The number of ether oxygens (including phenoxy) is 1. The molecule has 2 aromatic rings. The predicted molar refractivity (Wildman–Crippen MR) is 109 cm³/mol. The number of hydrogen-bond acceptors (Lipinski definition) is 4. The number of hydrogen-bond donors (Lipinski definition) is 2. The minimum atomic E-state index is -4.50. The maximum atomic E-state index is 12.7. The lowest BCUT2D eigenvalue weighted by atomic mass is 10.1. The van der Waals surface area contributed by atoms with Crippen LogP contribution in [-0.4, -0.2) is 24.4 Å². The first-order valence-electron chi connectivity index (χ1n) is 9.69. The first kappa shape index (κ1) is 23.9. The molecule has 0 fully saturated rings. The SMILES string of the molecule is CCc1ccccc1NC(=O)COC(=O)CCCC(=O)Nc1cccc(C(F)(F)F)c1. The fraction of sp³-hybridized carbons (Fsp3) is 0.318. The Kier molecular flexibility index (Phi) is 8.60. The highest BCUT2D eigenvalue weighted by atomic mass is 19.4. The van der Waals surface area contributed by atoms with E-state index in [1.165, 1.54) is 12.1 Å². The summed E-state index contributed by atoms with van der Waals surface area (Å²) in [5.74, 6) is -1.65. The maximum Gasteiger partial charge on any atom is 0.416 e. The first-order valence-corrected chi connectivity index (χ1v) is 9.69. The van der Waals surface area contributed by atoms with Gasteiger partial charge in [-0.2, -0.15) is 13.2 Å². The zero-order chi connectivity index (χ0) is 22.9. The molecule has 166 valence electrons. The Labute approximate surface area is 177 Å². The normalized spacial score (nSPS) is 11.0. The standard InChI is InChI=1S/C22H23F3N2O4/c1-2-15-7-3-4-10-18(15)27-20(29)14-31-21(30)12-6-11-19(28)26-17-9-5-8-16(13-17)22(23,24)25/h3-5,7-10,13H,2,6,11-12,14H2,1H3,(H,26,28)(H,27,29). The minimum Gasteiger partial charge on any atom is -0.456 e. The Morgan fingerprint density at radius 2 is 1.68 bits per heavy atom. The second-order valence-electron chi connectivity index (χ2n) is 6.70. The topological polar surface area (TPSA) is 84.5 Å². The zero-order valence-electron chi connectivity index (χ0n) is 16.9. The number of esters is 1. The van der Waals surface area contributed by atoms with E-state index >= 15 is 0 Å². The molecule has 0 radical (unpaired) electrons. The number of benzene rings is 2. The molecular weight excluding hydrogens is 413 g/mol. The third kappa shape index (κ3) is 8.12. The molecule has 0 aromatic heterocycles. The number of halogens is 3. The van der Waals surface area contributed by atoms with Gasteiger partial charge in [0.2, 0.25) is 5.91 Å². The smallest absolute Gasteiger partial charge is 0.416 e. The third-order valence-electron chi connectivity index (χ3n) is 4.29. The molecule has 2 rings (SSSR count). The van der Waals surface area contributed by atoms with E-state index in [2.05, 4.69) is 10.6 Å². The van der Waals surface area contributed by atoms with Crippen LogP contribution in [0.5, 0.6) is 0 Å². The van der Waals surface area contributed by atoms with E-state index in [1.807, 2.05) is 19.1 Å². The van der Waals surface area contributed by atoms with Gasteiger partial charge >= 0.3 is 12.1 Å². The van der Waals surface area contributed by atoms with Gasteiger partial charge in [-0.3, -0.25) is 14.4 Å². The number of rotatable bonds is 9. The lowest BCUT2D eigenvalue weighted by Crippen LogP contribution is -2.21.